The molecule has 1 unspecified atom stereocenters. The number of nitrogens with zero attached hydrogens (tertiary/aromatic N) is 2. The molecule has 4 heteroatoms. The van der Waals surface area contributed by atoms with E-state index in [0.717, 1.165) is 34.7 Å². The van der Waals surface area contributed by atoms with Crippen LogP contribution in [0.4, 0.5) is 17.1 Å². The molecule has 13 aromatic rings. The number of aromatic nitrogens is 1. The molecule has 78 heavy (non-hydrogen) atoms. The van der Waals surface area contributed by atoms with E-state index in [4.69, 9.17) is 0 Å². The zero-order valence-electron chi connectivity index (χ0n) is 42.8. The molecule has 0 amide bonds. The molecule has 0 saturated carbocycles. The van der Waals surface area contributed by atoms with E-state index < -0.39 is 0 Å². The Morgan fingerprint density at radius 1 is 0.359 bits per heavy atom. The summed E-state index contributed by atoms with van der Waals surface area (Å²) in [5, 5.41) is 3.64. The third-order valence-corrected chi connectivity index (χ3v) is 17.6. The maximum absolute atomic E-state index is 2.53. The molecule has 0 N–H and O–H groups in total. The van der Waals surface area contributed by atoms with Crippen molar-refractivity contribution in [3.8, 4) is 81.0 Å². The smallest absolute Gasteiger partial charge is 0.0620 e. The molecule has 1 aliphatic rings. The van der Waals surface area contributed by atoms with Gasteiger partial charge in [-0.25, -0.2) is 0 Å². The molecule has 0 fully saturated rings. The largest absolute Gasteiger partial charge is 0.311 e. The predicted molar refractivity (Wildman–Crippen MR) is 335 cm³/mol. The molecule has 3 heterocycles. The van der Waals surface area contributed by atoms with Gasteiger partial charge in [-0.2, -0.15) is 0 Å². The Balaban J connectivity index is 0.892. The van der Waals surface area contributed by atoms with Gasteiger partial charge < -0.3 is 9.47 Å². The van der Waals surface area contributed by atoms with Gasteiger partial charge in [-0.3, -0.25) is 0 Å². The third kappa shape index (κ3) is 8.91. The van der Waals surface area contributed by atoms with E-state index in [0.29, 0.717) is 5.92 Å². The summed E-state index contributed by atoms with van der Waals surface area (Å²) in [4.78, 5) is 7.43. The predicted octanol–water partition coefficient (Wildman–Crippen LogP) is 21.6. The monoisotopic (exact) mass is 1030 g/mol. The lowest BCUT2D eigenvalue weighted by Crippen LogP contribution is -2.09. The molecule has 0 aliphatic heterocycles. The maximum Gasteiger partial charge on any atom is 0.0620 e. The number of allylic oxidation sites excluding steroid dienone is 4. The summed E-state index contributed by atoms with van der Waals surface area (Å²) in [5.74, 6) is 0.373. The van der Waals surface area contributed by atoms with Crippen molar-refractivity contribution in [3.63, 3.8) is 0 Å². The molecule has 3 aromatic heterocycles. The van der Waals surface area contributed by atoms with E-state index in [1.807, 2.05) is 22.7 Å². The minimum absolute atomic E-state index is 0.373. The van der Waals surface area contributed by atoms with Crippen LogP contribution in [-0.4, -0.2) is 4.57 Å². The van der Waals surface area contributed by atoms with Gasteiger partial charge in [0.15, 0.2) is 0 Å². The Hall–Kier alpha value is -9.32. The van der Waals surface area contributed by atoms with Gasteiger partial charge in [-0.05, 0) is 141 Å². The molecular formula is C74H52N2S2. The first kappa shape index (κ1) is 47.2. The van der Waals surface area contributed by atoms with Crippen LogP contribution in [0.25, 0.3) is 103 Å². The number of anilines is 3. The van der Waals surface area contributed by atoms with E-state index in [9.17, 15) is 0 Å². The molecule has 0 radical (unpaired) electrons. The number of hydrogen-bond donors (Lipinski definition) is 0. The fourth-order valence-electron chi connectivity index (χ4n) is 11.4. The second-order valence-electron chi connectivity index (χ2n) is 19.9. The highest BCUT2D eigenvalue weighted by Gasteiger charge is 2.25. The van der Waals surface area contributed by atoms with Crippen molar-refractivity contribution in [2.24, 2.45) is 0 Å². The van der Waals surface area contributed by atoms with Gasteiger partial charge in [-0.15, -0.1) is 22.7 Å². The van der Waals surface area contributed by atoms with E-state index in [-0.39, 0.29) is 0 Å². The van der Waals surface area contributed by atoms with Gasteiger partial charge in [0.2, 0.25) is 0 Å². The molecule has 1 aliphatic carbocycles. The zero-order valence-corrected chi connectivity index (χ0v) is 44.4. The lowest BCUT2D eigenvalue weighted by molar-refractivity contribution is 0.853. The SMILES string of the molecule is C1=CCC(c2ccc(-n3c(-c4ccccc4)c(-c4ccccc4)c4cc(-c5ccc(N(c6ccc(-c7ccc(-c8ccccc8)s7)cc6)c6ccc(-c7ccc(-c8ccccc8)s7)cc6)cc5)c5ccccc5c43)cc2)C=C1. The average molecular weight is 1030 g/mol. The molecule has 10 aromatic carbocycles. The van der Waals surface area contributed by atoms with Crippen molar-refractivity contribution in [1.29, 1.82) is 0 Å². The summed E-state index contributed by atoms with van der Waals surface area (Å²) in [6.07, 6.45) is 9.92. The van der Waals surface area contributed by atoms with Crippen LogP contribution in [0.15, 0.2) is 297 Å². The van der Waals surface area contributed by atoms with E-state index in [1.165, 1.54) is 96.9 Å². The van der Waals surface area contributed by atoms with Crippen molar-refractivity contribution in [3.05, 3.63) is 303 Å². The average Bonchev–Trinajstić information content (AvgIpc) is 4.47. The van der Waals surface area contributed by atoms with E-state index >= 15 is 0 Å². The Morgan fingerprint density at radius 2 is 0.795 bits per heavy atom. The van der Waals surface area contributed by atoms with Gasteiger partial charge in [0, 0.05) is 64.5 Å². The van der Waals surface area contributed by atoms with Crippen molar-refractivity contribution in [2.75, 3.05) is 4.90 Å². The van der Waals surface area contributed by atoms with Gasteiger partial charge in [0.05, 0.1) is 11.2 Å². The molecule has 0 saturated heterocycles. The molecule has 0 spiro atoms. The quantitative estimate of drug-likeness (QED) is 0.118. The van der Waals surface area contributed by atoms with Crippen LogP contribution in [0, 0.1) is 0 Å². The number of fused-ring (bicyclic) bond motifs is 3. The highest BCUT2D eigenvalue weighted by molar-refractivity contribution is 7.19. The first-order chi connectivity index (χ1) is 38.7. The minimum Gasteiger partial charge on any atom is -0.311 e. The highest BCUT2D eigenvalue weighted by atomic mass is 32.1. The number of benzene rings is 10. The normalized spacial score (nSPS) is 13.1. The maximum atomic E-state index is 2.53. The second kappa shape index (κ2) is 20.7. The third-order valence-electron chi connectivity index (χ3n) is 15.2. The fourth-order valence-corrected chi connectivity index (χ4v) is 13.4. The minimum atomic E-state index is 0.373. The Kier molecular flexibility index (Phi) is 12.5. The topological polar surface area (TPSA) is 8.17 Å². The van der Waals surface area contributed by atoms with Crippen LogP contribution in [0.3, 0.4) is 0 Å². The molecular weight excluding hydrogens is 981 g/mol. The summed E-state index contributed by atoms with van der Waals surface area (Å²) in [6, 6.07) is 100. The van der Waals surface area contributed by atoms with Crippen LogP contribution >= 0.6 is 22.7 Å². The van der Waals surface area contributed by atoms with E-state index in [2.05, 4.69) is 307 Å². The zero-order chi connectivity index (χ0) is 51.8. The Morgan fingerprint density at radius 3 is 1.28 bits per heavy atom. The Bertz CT molecular complexity index is 4160. The van der Waals surface area contributed by atoms with Crippen LogP contribution in [0.2, 0.25) is 0 Å². The fraction of sp³-hybridized carbons (Fsp3) is 0.0270. The molecule has 14 rings (SSSR count). The lowest BCUT2D eigenvalue weighted by atomic mass is 9.92. The second-order valence-corrected chi connectivity index (χ2v) is 22.1. The molecule has 2 nitrogen and oxygen atoms in total. The number of rotatable bonds is 12. The van der Waals surface area contributed by atoms with Gasteiger partial charge in [0.25, 0.3) is 0 Å². The first-order valence-corrected chi connectivity index (χ1v) is 28.4. The van der Waals surface area contributed by atoms with Crippen LogP contribution in [0.1, 0.15) is 17.9 Å². The first-order valence-electron chi connectivity index (χ1n) is 26.8. The van der Waals surface area contributed by atoms with Crippen molar-refractivity contribution in [1.82, 2.24) is 4.57 Å². The lowest BCUT2D eigenvalue weighted by Gasteiger charge is -2.26. The molecule has 0 bridgehead atoms. The number of thiophene rings is 2. The van der Waals surface area contributed by atoms with E-state index in [1.54, 1.807) is 0 Å². The summed E-state index contributed by atoms with van der Waals surface area (Å²) >= 11 is 3.67. The molecule has 370 valence electrons. The number of hydrogen-bond acceptors (Lipinski definition) is 3. The molecule has 1 atom stereocenters. The van der Waals surface area contributed by atoms with Crippen molar-refractivity contribution < 1.29 is 0 Å². The summed E-state index contributed by atoms with van der Waals surface area (Å²) in [5.41, 5.74) is 19.0. The summed E-state index contributed by atoms with van der Waals surface area (Å²) < 4.78 is 2.53. The highest BCUT2D eigenvalue weighted by Crippen LogP contribution is 2.49. The van der Waals surface area contributed by atoms with Gasteiger partial charge in [0.1, 0.15) is 0 Å². The summed E-state index contributed by atoms with van der Waals surface area (Å²) in [7, 11) is 0. The summed E-state index contributed by atoms with van der Waals surface area (Å²) in [6.45, 7) is 0. The van der Waals surface area contributed by atoms with Crippen LogP contribution in [0.5, 0.6) is 0 Å². The van der Waals surface area contributed by atoms with Crippen LogP contribution < -0.4 is 4.90 Å². The van der Waals surface area contributed by atoms with Gasteiger partial charge in [-0.1, -0.05) is 218 Å². The Labute approximate surface area is 464 Å². The van der Waals surface area contributed by atoms with Crippen LogP contribution in [-0.2, 0) is 0 Å². The van der Waals surface area contributed by atoms with Crippen molar-refractivity contribution in [2.45, 2.75) is 12.3 Å². The van der Waals surface area contributed by atoms with Gasteiger partial charge >= 0.3 is 0 Å². The standard InChI is InChI=1S/C74H52N2S2/c1-6-18-51(19-7-1)52-30-38-63(39-31-52)76-73(59-26-14-5-15-27-59)72(58-24-12-4-13-25-58)67-50-66(64-28-16-17-29-65(64)74(67)76)53-32-40-60(41-33-53)75(61-42-34-56(35-43-61)70-48-46-68(77-70)54-20-8-2-9-21-54)62-44-36-57(37-45-62)71-49-47-69(78-71)55-22-10-3-11-23-55/h1-18,20-51H,19H2. The van der Waals surface area contributed by atoms with Crippen molar-refractivity contribution >= 4 is 61.4 Å².